The van der Waals surface area contributed by atoms with Crippen molar-refractivity contribution in [3.05, 3.63) is 41.5 Å². The lowest BCUT2D eigenvalue weighted by Gasteiger charge is -1.99. The summed E-state index contributed by atoms with van der Waals surface area (Å²) in [7, 11) is 0. The Morgan fingerprint density at radius 3 is 2.94 bits per heavy atom. The highest BCUT2D eigenvalue weighted by atomic mass is 16.4. The molecule has 2 nitrogen and oxygen atoms in total. The Balaban J connectivity index is 2.59. The van der Waals surface area contributed by atoms with Crippen molar-refractivity contribution in [1.82, 2.24) is 0 Å². The lowest BCUT2D eigenvalue weighted by atomic mass is 10.1. The Bertz CT molecular complexity index is 367. The van der Waals surface area contributed by atoms with Gasteiger partial charge in [0, 0.05) is 0 Å². The number of carbonyl (C=O) groups is 1. The van der Waals surface area contributed by atoms with Gasteiger partial charge in [0.25, 0.3) is 0 Å². The van der Waals surface area contributed by atoms with E-state index in [2.05, 4.69) is 19.1 Å². The van der Waals surface area contributed by atoms with Gasteiger partial charge in [0.15, 0.2) is 0 Å². The van der Waals surface area contributed by atoms with Gasteiger partial charge in [-0.05, 0) is 17.5 Å². The van der Waals surface area contributed by atoms with Crippen molar-refractivity contribution < 1.29 is 9.90 Å². The van der Waals surface area contributed by atoms with E-state index in [1.165, 1.54) is 12.8 Å². The standard InChI is InChI=1S/C14H18O2/c1-2-3-4-5-7-12-8-6-9-13(10-12)11-14(15)16/h5-10H,2-4,11H2,1H3,(H,15,16)/b7-5-. The van der Waals surface area contributed by atoms with Crippen molar-refractivity contribution in [3.8, 4) is 0 Å². The highest BCUT2D eigenvalue weighted by molar-refractivity contribution is 5.70. The van der Waals surface area contributed by atoms with E-state index in [0.29, 0.717) is 0 Å². The number of unbranched alkanes of at least 4 members (excludes halogenated alkanes) is 2. The first-order valence-corrected chi connectivity index (χ1v) is 5.69. The Labute approximate surface area is 96.6 Å². The molecule has 16 heavy (non-hydrogen) atoms. The van der Waals surface area contributed by atoms with Crippen LogP contribution >= 0.6 is 0 Å². The zero-order valence-electron chi connectivity index (χ0n) is 9.65. The van der Waals surface area contributed by atoms with E-state index in [1.54, 1.807) is 0 Å². The molecule has 0 saturated heterocycles. The van der Waals surface area contributed by atoms with Crippen molar-refractivity contribution in [2.24, 2.45) is 0 Å². The molecule has 0 aliphatic carbocycles. The van der Waals surface area contributed by atoms with E-state index < -0.39 is 5.97 Å². The first kappa shape index (κ1) is 12.5. The summed E-state index contributed by atoms with van der Waals surface area (Å²) in [5.41, 5.74) is 1.93. The molecule has 2 heteroatoms. The van der Waals surface area contributed by atoms with Crippen LogP contribution in [-0.4, -0.2) is 11.1 Å². The molecule has 1 N–H and O–H groups in total. The van der Waals surface area contributed by atoms with Crippen LogP contribution < -0.4 is 0 Å². The third-order valence-electron chi connectivity index (χ3n) is 2.34. The molecule has 0 unspecified atom stereocenters. The largest absolute Gasteiger partial charge is 0.481 e. The van der Waals surface area contributed by atoms with Gasteiger partial charge in [-0.3, -0.25) is 4.79 Å². The van der Waals surface area contributed by atoms with E-state index in [-0.39, 0.29) is 6.42 Å². The first-order valence-electron chi connectivity index (χ1n) is 5.69. The molecule has 0 atom stereocenters. The van der Waals surface area contributed by atoms with Crippen LogP contribution in [0.25, 0.3) is 6.08 Å². The van der Waals surface area contributed by atoms with Crippen LogP contribution in [0.15, 0.2) is 30.3 Å². The molecular formula is C14H18O2. The van der Waals surface area contributed by atoms with Gasteiger partial charge < -0.3 is 5.11 Å². The summed E-state index contributed by atoms with van der Waals surface area (Å²) in [5, 5.41) is 8.69. The minimum Gasteiger partial charge on any atom is -0.481 e. The fraction of sp³-hybridized carbons (Fsp3) is 0.357. The number of rotatable bonds is 6. The molecule has 1 aromatic rings. The molecule has 0 spiro atoms. The van der Waals surface area contributed by atoms with Gasteiger partial charge in [0.1, 0.15) is 0 Å². The fourth-order valence-electron chi connectivity index (χ4n) is 1.52. The normalized spacial score (nSPS) is 10.8. The first-order chi connectivity index (χ1) is 7.72. The van der Waals surface area contributed by atoms with E-state index in [0.717, 1.165) is 17.5 Å². The van der Waals surface area contributed by atoms with E-state index in [9.17, 15) is 4.79 Å². The van der Waals surface area contributed by atoms with Crippen molar-refractivity contribution in [2.75, 3.05) is 0 Å². The second-order valence-electron chi connectivity index (χ2n) is 3.86. The second kappa shape index (κ2) is 6.83. The van der Waals surface area contributed by atoms with Gasteiger partial charge in [-0.25, -0.2) is 0 Å². The van der Waals surface area contributed by atoms with E-state index in [4.69, 9.17) is 5.11 Å². The van der Waals surface area contributed by atoms with Gasteiger partial charge in [0.05, 0.1) is 6.42 Å². The summed E-state index contributed by atoms with van der Waals surface area (Å²) in [5.74, 6) is -0.785. The number of allylic oxidation sites excluding steroid dienone is 1. The molecule has 0 radical (unpaired) electrons. The van der Waals surface area contributed by atoms with Gasteiger partial charge in [-0.1, -0.05) is 56.2 Å². The number of aliphatic carboxylic acids is 1. The van der Waals surface area contributed by atoms with E-state index in [1.807, 2.05) is 24.3 Å². The molecule has 0 saturated carbocycles. The highest BCUT2D eigenvalue weighted by Crippen LogP contribution is 2.09. The van der Waals surface area contributed by atoms with Crippen LogP contribution in [0.1, 0.15) is 37.3 Å². The fourth-order valence-corrected chi connectivity index (χ4v) is 1.52. The summed E-state index contributed by atoms with van der Waals surface area (Å²) in [6.07, 6.45) is 7.77. The molecule has 1 aromatic carbocycles. The van der Waals surface area contributed by atoms with E-state index >= 15 is 0 Å². The lowest BCUT2D eigenvalue weighted by molar-refractivity contribution is -0.136. The average Bonchev–Trinajstić information content (AvgIpc) is 2.24. The van der Waals surface area contributed by atoms with Crippen molar-refractivity contribution in [1.29, 1.82) is 0 Å². The number of hydrogen-bond acceptors (Lipinski definition) is 1. The molecule has 0 bridgehead atoms. The predicted molar refractivity (Wildman–Crippen MR) is 66.3 cm³/mol. The van der Waals surface area contributed by atoms with Crippen LogP contribution in [0, 0.1) is 0 Å². The Morgan fingerprint density at radius 2 is 2.25 bits per heavy atom. The summed E-state index contributed by atoms with van der Waals surface area (Å²) in [6, 6.07) is 7.67. The zero-order chi connectivity index (χ0) is 11.8. The minimum absolute atomic E-state index is 0.0939. The van der Waals surface area contributed by atoms with Gasteiger partial charge in [-0.2, -0.15) is 0 Å². The topological polar surface area (TPSA) is 37.3 Å². The number of carboxylic acids is 1. The lowest BCUT2D eigenvalue weighted by Crippen LogP contribution is -1.99. The predicted octanol–water partition coefficient (Wildman–Crippen LogP) is 3.52. The van der Waals surface area contributed by atoms with Crippen molar-refractivity contribution in [2.45, 2.75) is 32.6 Å². The Hall–Kier alpha value is -1.57. The van der Waals surface area contributed by atoms with Crippen LogP contribution in [-0.2, 0) is 11.2 Å². The van der Waals surface area contributed by atoms with Crippen molar-refractivity contribution >= 4 is 12.0 Å². The maximum absolute atomic E-state index is 10.6. The summed E-state index contributed by atoms with van der Waals surface area (Å²) in [6.45, 7) is 2.17. The third kappa shape index (κ3) is 4.78. The van der Waals surface area contributed by atoms with Crippen LogP contribution in [0.2, 0.25) is 0 Å². The van der Waals surface area contributed by atoms with Gasteiger partial charge >= 0.3 is 5.97 Å². The quantitative estimate of drug-likeness (QED) is 0.742. The molecule has 1 rings (SSSR count). The summed E-state index contributed by atoms with van der Waals surface area (Å²) in [4.78, 5) is 10.6. The molecular weight excluding hydrogens is 200 g/mol. The van der Waals surface area contributed by atoms with Crippen molar-refractivity contribution in [3.63, 3.8) is 0 Å². The zero-order valence-corrected chi connectivity index (χ0v) is 9.65. The SMILES string of the molecule is CCCC/C=C\c1cccc(CC(=O)O)c1. The smallest absolute Gasteiger partial charge is 0.307 e. The third-order valence-corrected chi connectivity index (χ3v) is 2.34. The number of hydrogen-bond donors (Lipinski definition) is 1. The molecule has 86 valence electrons. The summed E-state index contributed by atoms with van der Waals surface area (Å²) >= 11 is 0. The average molecular weight is 218 g/mol. The molecule has 0 aliphatic heterocycles. The molecule has 0 aromatic heterocycles. The monoisotopic (exact) mass is 218 g/mol. The highest BCUT2D eigenvalue weighted by Gasteiger charge is 1.99. The molecule has 0 fully saturated rings. The van der Waals surface area contributed by atoms with Crippen LogP contribution in [0.5, 0.6) is 0 Å². The number of benzene rings is 1. The molecule has 0 heterocycles. The Kier molecular flexibility index (Phi) is 5.34. The summed E-state index contributed by atoms with van der Waals surface area (Å²) < 4.78 is 0. The second-order valence-corrected chi connectivity index (χ2v) is 3.86. The maximum atomic E-state index is 10.6. The minimum atomic E-state index is -0.785. The van der Waals surface area contributed by atoms with Gasteiger partial charge in [0.2, 0.25) is 0 Å². The maximum Gasteiger partial charge on any atom is 0.307 e. The molecule has 0 aliphatic rings. The van der Waals surface area contributed by atoms with Gasteiger partial charge in [-0.15, -0.1) is 0 Å². The van der Waals surface area contributed by atoms with Crippen LogP contribution in [0.3, 0.4) is 0 Å². The van der Waals surface area contributed by atoms with Crippen LogP contribution in [0.4, 0.5) is 0 Å². The molecule has 0 amide bonds. The Morgan fingerprint density at radius 1 is 1.44 bits per heavy atom. The number of carboxylic acid groups (broad SMARTS) is 1.